The number of hydrogen-bond acceptors (Lipinski definition) is 6. The number of anilines is 2. The van der Waals surface area contributed by atoms with E-state index in [1.807, 2.05) is 25.4 Å². The number of nitrogen functional groups attached to an aromatic ring is 1. The monoisotopic (exact) mass is 273 g/mol. The molecule has 2 aromatic heterocycles. The third kappa shape index (κ3) is 2.88. The number of piperazine rings is 1. The molecule has 7 nitrogen and oxygen atoms in total. The minimum atomic E-state index is 0.704. The summed E-state index contributed by atoms with van der Waals surface area (Å²) >= 11 is 0. The number of nitrogens with zero attached hydrogens (tertiary/aromatic N) is 6. The molecule has 7 heteroatoms. The Labute approximate surface area is 118 Å². The van der Waals surface area contributed by atoms with Crippen molar-refractivity contribution in [1.29, 1.82) is 0 Å². The zero-order chi connectivity index (χ0) is 13.9. The maximum absolute atomic E-state index is 5.66. The van der Waals surface area contributed by atoms with Crippen LogP contribution in [0, 0.1) is 0 Å². The van der Waals surface area contributed by atoms with E-state index in [1.54, 1.807) is 10.9 Å². The second kappa shape index (κ2) is 5.46. The van der Waals surface area contributed by atoms with Gasteiger partial charge in [0.2, 0.25) is 0 Å². The van der Waals surface area contributed by atoms with Crippen molar-refractivity contribution < 1.29 is 0 Å². The van der Waals surface area contributed by atoms with E-state index in [9.17, 15) is 0 Å². The summed E-state index contributed by atoms with van der Waals surface area (Å²) in [4.78, 5) is 9.04. The zero-order valence-corrected chi connectivity index (χ0v) is 11.6. The Morgan fingerprint density at radius 3 is 2.60 bits per heavy atom. The lowest BCUT2D eigenvalue weighted by Crippen LogP contribution is -2.46. The van der Waals surface area contributed by atoms with Gasteiger partial charge in [-0.25, -0.2) is 4.98 Å². The van der Waals surface area contributed by atoms with E-state index in [0.29, 0.717) is 5.69 Å². The third-order valence-electron chi connectivity index (χ3n) is 3.50. The van der Waals surface area contributed by atoms with Crippen LogP contribution in [0.25, 0.3) is 0 Å². The van der Waals surface area contributed by atoms with Gasteiger partial charge in [0.05, 0.1) is 17.6 Å². The minimum absolute atomic E-state index is 0.704. The molecule has 2 N–H and O–H groups in total. The Morgan fingerprint density at radius 1 is 1.20 bits per heavy atom. The lowest BCUT2D eigenvalue weighted by Gasteiger charge is -2.34. The fourth-order valence-corrected chi connectivity index (χ4v) is 2.42. The highest BCUT2D eigenvalue weighted by molar-refractivity contribution is 5.46. The highest BCUT2D eigenvalue weighted by Gasteiger charge is 2.18. The minimum Gasteiger partial charge on any atom is -0.397 e. The van der Waals surface area contributed by atoms with Crippen LogP contribution in [0.2, 0.25) is 0 Å². The van der Waals surface area contributed by atoms with E-state index in [4.69, 9.17) is 5.73 Å². The van der Waals surface area contributed by atoms with Crippen molar-refractivity contribution in [2.75, 3.05) is 36.8 Å². The SMILES string of the molecule is Cn1cc(CN2CCN(c3ccc(N)cn3)CC2)nn1. The van der Waals surface area contributed by atoms with Crippen LogP contribution in [-0.4, -0.2) is 51.1 Å². The second-order valence-corrected chi connectivity index (χ2v) is 5.10. The first-order valence-electron chi connectivity index (χ1n) is 6.75. The molecule has 0 radical (unpaired) electrons. The van der Waals surface area contributed by atoms with Crippen molar-refractivity contribution in [3.8, 4) is 0 Å². The van der Waals surface area contributed by atoms with Gasteiger partial charge in [-0.2, -0.15) is 0 Å². The molecule has 0 unspecified atom stereocenters. The first-order chi connectivity index (χ1) is 9.70. The smallest absolute Gasteiger partial charge is 0.128 e. The van der Waals surface area contributed by atoms with Crippen molar-refractivity contribution in [2.45, 2.75) is 6.54 Å². The topological polar surface area (TPSA) is 76.1 Å². The number of aryl methyl sites for hydroxylation is 1. The number of hydrogen-bond donors (Lipinski definition) is 1. The molecule has 1 fully saturated rings. The first-order valence-corrected chi connectivity index (χ1v) is 6.75. The Balaban J connectivity index is 1.55. The van der Waals surface area contributed by atoms with E-state index in [1.165, 1.54) is 0 Å². The van der Waals surface area contributed by atoms with Gasteiger partial charge in [-0.15, -0.1) is 5.10 Å². The number of aromatic nitrogens is 4. The van der Waals surface area contributed by atoms with Crippen molar-refractivity contribution >= 4 is 11.5 Å². The van der Waals surface area contributed by atoms with Gasteiger partial charge < -0.3 is 10.6 Å². The van der Waals surface area contributed by atoms with Crippen LogP contribution in [-0.2, 0) is 13.6 Å². The highest BCUT2D eigenvalue weighted by Crippen LogP contribution is 2.15. The molecule has 0 aromatic carbocycles. The summed E-state index contributed by atoms with van der Waals surface area (Å²) in [5, 5.41) is 8.09. The van der Waals surface area contributed by atoms with Crippen LogP contribution in [0.4, 0.5) is 11.5 Å². The molecule has 2 aromatic rings. The summed E-state index contributed by atoms with van der Waals surface area (Å²) in [7, 11) is 1.89. The van der Waals surface area contributed by atoms with Crippen LogP contribution in [0.3, 0.4) is 0 Å². The molecule has 1 saturated heterocycles. The molecule has 0 atom stereocenters. The summed E-state index contributed by atoms with van der Waals surface area (Å²) in [6.45, 7) is 4.80. The lowest BCUT2D eigenvalue weighted by atomic mass is 10.3. The van der Waals surface area contributed by atoms with Crippen molar-refractivity contribution in [1.82, 2.24) is 24.9 Å². The molecule has 0 bridgehead atoms. The summed E-state index contributed by atoms with van der Waals surface area (Å²) in [6.07, 6.45) is 3.68. The van der Waals surface area contributed by atoms with Gasteiger partial charge >= 0.3 is 0 Å². The van der Waals surface area contributed by atoms with E-state index >= 15 is 0 Å². The predicted molar refractivity (Wildman–Crippen MR) is 77.1 cm³/mol. The largest absolute Gasteiger partial charge is 0.397 e. The molecule has 106 valence electrons. The van der Waals surface area contributed by atoms with E-state index in [2.05, 4.69) is 25.1 Å². The molecule has 0 saturated carbocycles. The molecule has 3 heterocycles. The highest BCUT2D eigenvalue weighted by atomic mass is 15.4. The quantitative estimate of drug-likeness (QED) is 0.855. The van der Waals surface area contributed by atoms with Gasteiger partial charge in [0.25, 0.3) is 0 Å². The van der Waals surface area contributed by atoms with Gasteiger partial charge in [-0.1, -0.05) is 5.21 Å². The Bertz CT molecular complexity index is 554. The van der Waals surface area contributed by atoms with Crippen molar-refractivity contribution in [3.63, 3.8) is 0 Å². The fraction of sp³-hybridized carbons (Fsp3) is 0.462. The molecule has 3 rings (SSSR count). The van der Waals surface area contributed by atoms with Gasteiger partial charge in [0.15, 0.2) is 0 Å². The maximum atomic E-state index is 5.66. The molecular weight excluding hydrogens is 254 g/mol. The molecule has 20 heavy (non-hydrogen) atoms. The lowest BCUT2D eigenvalue weighted by molar-refractivity contribution is 0.246. The first kappa shape index (κ1) is 12.9. The Morgan fingerprint density at radius 2 is 2.00 bits per heavy atom. The van der Waals surface area contributed by atoms with Gasteiger partial charge in [-0.05, 0) is 12.1 Å². The Hall–Kier alpha value is -2.15. The standard InChI is InChI=1S/C13H19N7/c1-18-9-12(16-17-18)10-19-4-6-20(7-5-19)13-3-2-11(14)8-15-13/h2-3,8-9H,4-7,10,14H2,1H3. The number of pyridine rings is 1. The summed E-state index contributed by atoms with van der Waals surface area (Å²) < 4.78 is 1.74. The van der Waals surface area contributed by atoms with Gasteiger partial charge in [0, 0.05) is 46.0 Å². The fourth-order valence-electron chi connectivity index (χ4n) is 2.42. The maximum Gasteiger partial charge on any atom is 0.128 e. The molecule has 0 spiro atoms. The molecule has 1 aliphatic rings. The average Bonchev–Trinajstić information content (AvgIpc) is 2.86. The van der Waals surface area contributed by atoms with Crippen molar-refractivity contribution in [3.05, 3.63) is 30.2 Å². The summed E-state index contributed by atoms with van der Waals surface area (Å²) in [5.74, 6) is 0.998. The van der Waals surface area contributed by atoms with E-state index in [-0.39, 0.29) is 0 Å². The van der Waals surface area contributed by atoms with Crippen molar-refractivity contribution in [2.24, 2.45) is 7.05 Å². The number of nitrogens with two attached hydrogens (primary N) is 1. The van der Waals surface area contributed by atoms with Crippen LogP contribution in [0.1, 0.15) is 5.69 Å². The molecule has 1 aliphatic heterocycles. The van der Waals surface area contributed by atoms with Gasteiger partial charge in [-0.3, -0.25) is 9.58 Å². The van der Waals surface area contributed by atoms with E-state index in [0.717, 1.165) is 44.2 Å². The normalized spacial score (nSPS) is 16.6. The molecule has 0 aliphatic carbocycles. The van der Waals surface area contributed by atoms with E-state index < -0.39 is 0 Å². The number of rotatable bonds is 3. The predicted octanol–water partition coefficient (Wildman–Crippen LogP) is 0.115. The molecular formula is C13H19N7. The average molecular weight is 273 g/mol. The van der Waals surface area contributed by atoms with Gasteiger partial charge in [0.1, 0.15) is 5.82 Å². The third-order valence-corrected chi connectivity index (χ3v) is 3.50. The summed E-state index contributed by atoms with van der Waals surface area (Å²) in [5.41, 5.74) is 7.39. The van der Waals surface area contributed by atoms with Crippen LogP contribution >= 0.6 is 0 Å². The van der Waals surface area contributed by atoms with Crippen LogP contribution < -0.4 is 10.6 Å². The zero-order valence-electron chi connectivity index (χ0n) is 11.6. The Kier molecular flexibility index (Phi) is 3.51. The molecule has 0 amide bonds. The van der Waals surface area contributed by atoms with Crippen LogP contribution in [0.15, 0.2) is 24.5 Å². The second-order valence-electron chi connectivity index (χ2n) is 5.10. The summed E-state index contributed by atoms with van der Waals surface area (Å²) in [6, 6.07) is 3.88. The van der Waals surface area contributed by atoms with Crippen LogP contribution in [0.5, 0.6) is 0 Å².